The Morgan fingerprint density at radius 1 is 1.11 bits per heavy atom. The van der Waals surface area contributed by atoms with Gasteiger partial charge in [0, 0.05) is 38.4 Å². The lowest BCUT2D eigenvalue weighted by Gasteiger charge is -2.13. The Bertz CT molecular complexity index is 795. The third-order valence-corrected chi connectivity index (χ3v) is 4.06. The molecule has 0 amide bonds. The summed E-state index contributed by atoms with van der Waals surface area (Å²) in [6.07, 6.45) is 0.855. The number of nitrogens with zero attached hydrogens (tertiary/aromatic N) is 1. The molecule has 0 spiro atoms. The molecular formula is C21H27N3O4. The zero-order chi connectivity index (χ0) is 19.6. The molecule has 7 heteroatoms. The fraction of sp³-hybridized carbons (Fsp3) is 0.381. The van der Waals surface area contributed by atoms with Gasteiger partial charge in [-0.1, -0.05) is 12.1 Å². The Balaban J connectivity index is 1.61. The second-order valence-electron chi connectivity index (χ2n) is 6.23. The van der Waals surface area contributed by atoms with Gasteiger partial charge in [-0.2, -0.15) is 0 Å². The maximum Gasteiger partial charge on any atom is 0.231 e. The molecule has 7 nitrogen and oxygen atoms in total. The third-order valence-electron chi connectivity index (χ3n) is 4.06. The van der Waals surface area contributed by atoms with Crippen molar-refractivity contribution in [3.63, 3.8) is 0 Å². The van der Waals surface area contributed by atoms with Crippen molar-refractivity contribution in [3.8, 4) is 17.2 Å². The van der Waals surface area contributed by atoms with Crippen molar-refractivity contribution >= 4 is 11.6 Å². The molecule has 2 aromatic rings. The van der Waals surface area contributed by atoms with Gasteiger partial charge in [0.2, 0.25) is 6.79 Å². The van der Waals surface area contributed by atoms with E-state index in [1.807, 2.05) is 49.4 Å². The maximum absolute atomic E-state index is 5.76. The van der Waals surface area contributed by atoms with E-state index in [9.17, 15) is 0 Å². The van der Waals surface area contributed by atoms with Crippen LogP contribution >= 0.6 is 0 Å². The third kappa shape index (κ3) is 5.79. The standard InChI is InChI=1S/C21H27N3O4/c1-3-22-21(23-14-16-8-9-19-20(12-16)28-15-27-19)24-17-6-4-7-18(13-17)26-11-5-10-25-2/h4,6-9,12-13H,3,5,10-11,14-15H2,1-2H3,(H2,22,23,24). The van der Waals surface area contributed by atoms with Crippen LogP contribution in [0.2, 0.25) is 0 Å². The quantitative estimate of drug-likeness (QED) is 0.392. The van der Waals surface area contributed by atoms with E-state index in [2.05, 4.69) is 15.6 Å². The number of fused-ring (bicyclic) bond motifs is 1. The van der Waals surface area contributed by atoms with E-state index in [0.717, 1.165) is 41.5 Å². The summed E-state index contributed by atoms with van der Waals surface area (Å²) in [6, 6.07) is 13.7. The van der Waals surface area contributed by atoms with Crippen molar-refractivity contribution in [3.05, 3.63) is 48.0 Å². The predicted octanol–water partition coefficient (Wildman–Crippen LogP) is 3.41. The van der Waals surface area contributed by atoms with Crippen LogP contribution in [0.25, 0.3) is 0 Å². The number of hydrogen-bond donors (Lipinski definition) is 2. The average Bonchev–Trinajstić information content (AvgIpc) is 3.18. The first-order valence-electron chi connectivity index (χ1n) is 9.44. The predicted molar refractivity (Wildman–Crippen MR) is 109 cm³/mol. The fourth-order valence-electron chi connectivity index (χ4n) is 2.71. The van der Waals surface area contributed by atoms with E-state index in [4.69, 9.17) is 18.9 Å². The molecule has 0 saturated heterocycles. The molecule has 1 heterocycles. The van der Waals surface area contributed by atoms with Crippen molar-refractivity contribution in [2.45, 2.75) is 19.9 Å². The number of benzene rings is 2. The van der Waals surface area contributed by atoms with Crippen molar-refractivity contribution in [1.29, 1.82) is 0 Å². The molecule has 0 fully saturated rings. The topological polar surface area (TPSA) is 73.3 Å². The first-order chi connectivity index (χ1) is 13.8. The highest BCUT2D eigenvalue weighted by atomic mass is 16.7. The summed E-state index contributed by atoms with van der Waals surface area (Å²) < 4.78 is 21.6. The lowest BCUT2D eigenvalue weighted by molar-refractivity contribution is 0.172. The molecular weight excluding hydrogens is 358 g/mol. The number of ether oxygens (including phenoxy) is 4. The summed E-state index contributed by atoms with van der Waals surface area (Å²) in [4.78, 5) is 4.66. The van der Waals surface area contributed by atoms with Gasteiger partial charge in [-0.05, 0) is 36.8 Å². The Morgan fingerprint density at radius 3 is 2.86 bits per heavy atom. The molecule has 0 aliphatic carbocycles. The molecule has 2 N–H and O–H groups in total. The molecule has 28 heavy (non-hydrogen) atoms. The first-order valence-corrected chi connectivity index (χ1v) is 9.44. The molecule has 0 radical (unpaired) electrons. The van der Waals surface area contributed by atoms with Crippen molar-refractivity contribution < 1.29 is 18.9 Å². The van der Waals surface area contributed by atoms with Crippen molar-refractivity contribution in [2.24, 2.45) is 4.99 Å². The molecule has 0 atom stereocenters. The highest BCUT2D eigenvalue weighted by Crippen LogP contribution is 2.32. The number of aliphatic imine (C=N–C) groups is 1. The summed E-state index contributed by atoms with van der Waals surface area (Å²) in [5.74, 6) is 3.06. The lowest BCUT2D eigenvalue weighted by Crippen LogP contribution is -2.30. The summed E-state index contributed by atoms with van der Waals surface area (Å²) in [7, 11) is 1.69. The Kier molecular flexibility index (Phi) is 7.37. The highest BCUT2D eigenvalue weighted by Gasteiger charge is 2.13. The number of anilines is 1. The zero-order valence-electron chi connectivity index (χ0n) is 16.4. The van der Waals surface area contributed by atoms with Crippen LogP contribution < -0.4 is 24.8 Å². The molecule has 150 valence electrons. The number of rotatable bonds is 9. The molecule has 0 bridgehead atoms. The van der Waals surface area contributed by atoms with Gasteiger partial charge in [0.05, 0.1) is 13.2 Å². The van der Waals surface area contributed by atoms with Gasteiger partial charge in [0.15, 0.2) is 17.5 Å². The van der Waals surface area contributed by atoms with E-state index in [1.165, 1.54) is 0 Å². The van der Waals surface area contributed by atoms with Crippen LogP contribution in [0.5, 0.6) is 17.2 Å². The van der Waals surface area contributed by atoms with Crippen LogP contribution in [-0.2, 0) is 11.3 Å². The summed E-state index contributed by atoms with van der Waals surface area (Å²) in [6.45, 7) is 4.91. The molecule has 3 rings (SSSR count). The molecule has 1 aliphatic heterocycles. The number of nitrogens with one attached hydrogen (secondary N) is 2. The second-order valence-corrected chi connectivity index (χ2v) is 6.23. The van der Waals surface area contributed by atoms with Crippen molar-refractivity contribution in [1.82, 2.24) is 5.32 Å². The number of methoxy groups -OCH3 is 1. The SMILES string of the molecule is CCNC(=NCc1ccc2c(c1)OCO2)Nc1cccc(OCCCOC)c1. The second kappa shape index (κ2) is 10.4. The minimum Gasteiger partial charge on any atom is -0.493 e. The molecule has 0 unspecified atom stereocenters. The fourth-order valence-corrected chi connectivity index (χ4v) is 2.71. The van der Waals surface area contributed by atoms with Crippen LogP contribution in [0.4, 0.5) is 5.69 Å². The zero-order valence-corrected chi connectivity index (χ0v) is 16.4. The van der Waals surface area contributed by atoms with Gasteiger partial charge in [-0.25, -0.2) is 4.99 Å². The van der Waals surface area contributed by atoms with E-state index in [0.29, 0.717) is 25.7 Å². The number of guanidine groups is 1. The Labute approximate surface area is 165 Å². The molecule has 0 aromatic heterocycles. The first kappa shape index (κ1) is 19.8. The van der Waals surface area contributed by atoms with Crippen LogP contribution in [0.15, 0.2) is 47.5 Å². The summed E-state index contributed by atoms with van der Waals surface area (Å²) in [5.41, 5.74) is 1.96. The van der Waals surface area contributed by atoms with E-state index in [1.54, 1.807) is 7.11 Å². The van der Waals surface area contributed by atoms with E-state index >= 15 is 0 Å². The maximum atomic E-state index is 5.76. The van der Waals surface area contributed by atoms with Gasteiger partial charge in [0.25, 0.3) is 0 Å². The van der Waals surface area contributed by atoms with Crippen LogP contribution in [0.3, 0.4) is 0 Å². The minimum absolute atomic E-state index is 0.274. The molecule has 1 aliphatic rings. The number of hydrogen-bond acceptors (Lipinski definition) is 5. The molecule has 2 aromatic carbocycles. The monoisotopic (exact) mass is 385 g/mol. The van der Waals surface area contributed by atoms with Crippen molar-refractivity contribution in [2.75, 3.05) is 39.0 Å². The van der Waals surface area contributed by atoms with Crippen LogP contribution in [0, 0.1) is 0 Å². The summed E-state index contributed by atoms with van der Waals surface area (Å²) >= 11 is 0. The Morgan fingerprint density at radius 2 is 2.00 bits per heavy atom. The van der Waals surface area contributed by atoms with Gasteiger partial charge in [0.1, 0.15) is 5.75 Å². The minimum atomic E-state index is 0.274. The van der Waals surface area contributed by atoms with Crippen LogP contribution in [0.1, 0.15) is 18.9 Å². The highest BCUT2D eigenvalue weighted by molar-refractivity contribution is 5.93. The van der Waals surface area contributed by atoms with Gasteiger partial charge < -0.3 is 29.6 Å². The lowest BCUT2D eigenvalue weighted by atomic mass is 10.2. The van der Waals surface area contributed by atoms with Crippen LogP contribution in [-0.4, -0.2) is 39.6 Å². The average molecular weight is 385 g/mol. The Hall–Kier alpha value is -2.93. The van der Waals surface area contributed by atoms with E-state index < -0.39 is 0 Å². The largest absolute Gasteiger partial charge is 0.493 e. The molecule has 0 saturated carbocycles. The van der Waals surface area contributed by atoms with E-state index in [-0.39, 0.29) is 6.79 Å². The normalized spacial score (nSPS) is 12.7. The van der Waals surface area contributed by atoms with Gasteiger partial charge in [-0.3, -0.25) is 0 Å². The summed E-state index contributed by atoms with van der Waals surface area (Å²) in [5, 5.41) is 6.58. The van der Waals surface area contributed by atoms with Gasteiger partial charge >= 0.3 is 0 Å². The van der Waals surface area contributed by atoms with Gasteiger partial charge in [-0.15, -0.1) is 0 Å². The smallest absolute Gasteiger partial charge is 0.231 e.